The van der Waals surface area contributed by atoms with Crippen molar-refractivity contribution in [1.82, 2.24) is 4.90 Å². The third kappa shape index (κ3) is 6.73. The molecule has 2 aromatic rings. The van der Waals surface area contributed by atoms with Crippen LogP contribution in [0.2, 0.25) is 0 Å². The molecular weight excluding hydrogens is 460 g/mol. The van der Waals surface area contributed by atoms with Crippen molar-refractivity contribution < 1.29 is 22.4 Å². The van der Waals surface area contributed by atoms with E-state index in [0.29, 0.717) is 23.8 Å². The Balaban J connectivity index is 1.68. The van der Waals surface area contributed by atoms with E-state index in [4.69, 9.17) is 5.26 Å². The molecule has 188 valence electrons. The minimum absolute atomic E-state index is 0.0940. The number of benzene rings is 2. The fourth-order valence-corrected chi connectivity index (χ4v) is 4.33. The first-order valence-corrected chi connectivity index (χ1v) is 11.6. The molecule has 0 bridgehead atoms. The highest BCUT2D eigenvalue weighted by molar-refractivity contribution is 5.99. The van der Waals surface area contributed by atoms with Crippen molar-refractivity contribution in [3.8, 4) is 6.07 Å². The van der Waals surface area contributed by atoms with E-state index in [0.717, 1.165) is 25.0 Å². The van der Waals surface area contributed by atoms with E-state index in [1.54, 1.807) is 26.0 Å². The summed E-state index contributed by atoms with van der Waals surface area (Å²) in [4.78, 5) is 15.0. The third-order valence-corrected chi connectivity index (χ3v) is 6.40. The summed E-state index contributed by atoms with van der Waals surface area (Å²) < 4.78 is 54.5. The maximum absolute atomic E-state index is 14.8. The molecule has 35 heavy (non-hydrogen) atoms. The van der Waals surface area contributed by atoms with Gasteiger partial charge in [-0.2, -0.15) is 18.4 Å². The topological polar surface area (TPSA) is 68.2 Å². The van der Waals surface area contributed by atoms with Crippen LogP contribution in [0.1, 0.15) is 62.6 Å². The van der Waals surface area contributed by atoms with Gasteiger partial charge in [0.2, 0.25) is 5.91 Å². The monoisotopic (exact) mass is 490 g/mol. The SMILES string of the molecule is CN(Cc1ccc(NC(C)(C)C(=O)Nc2ccc(C#N)c(C(F)(F)F)c2)cc1F)C1CCCCC1. The first-order chi connectivity index (χ1) is 16.4. The molecule has 1 amide bonds. The number of rotatable bonds is 7. The Hall–Kier alpha value is -3.12. The number of nitrogens with one attached hydrogen (secondary N) is 2. The van der Waals surface area contributed by atoms with Crippen molar-refractivity contribution in [3.63, 3.8) is 0 Å². The minimum Gasteiger partial charge on any atom is -0.372 e. The van der Waals surface area contributed by atoms with Crippen LogP contribution in [0.5, 0.6) is 0 Å². The van der Waals surface area contributed by atoms with Crippen molar-refractivity contribution in [3.05, 3.63) is 58.9 Å². The largest absolute Gasteiger partial charge is 0.417 e. The summed E-state index contributed by atoms with van der Waals surface area (Å²) in [6, 6.07) is 9.61. The molecule has 0 radical (unpaired) electrons. The van der Waals surface area contributed by atoms with Crippen LogP contribution in [-0.2, 0) is 17.5 Å². The Morgan fingerprint density at radius 3 is 2.34 bits per heavy atom. The number of hydrogen-bond donors (Lipinski definition) is 2. The summed E-state index contributed by atoms with van der Waals surface area (Å²) in [5, 5.41) is 14.3. The molecule has 2 N–H and O–H groups in total. The van der Waals surface area contributed by atoms with Gasteiger partial charge in [0.25, 0.3) is 0 Å². The highest BCUT2D eigenvalue weighted by atomic mass is 19.4. The number of alkyl halides is 3. The lowest BCUT2D eigenvalue weighted by atomic mass is 9.94. The van der Waals surface area contributed by atoms with Gasteiger partial charge in [-0.25, -0.2) is 4.39 Å². The molecular formula is C26H30F4N4O. The lowest BCUT2D eigenvalue weighted by Crippen LogP contribution is -2.44. The van der Waals surface area contributed by atoms with Gasteiger partial charge in [-0.15, -0.1) is 0 Å². The van der Waals surface area contributed by atoms with Crippen molar-refractivity contribution >= 4 is 17.3 Å². The Bertz CT molecular complexity index is 1100. The molecule has 0 unspecified atom stereocenters. The van der Waals surface area contributed by atoms with E-state index >= 15 is 0 Å². The molecule has 0 spiro atoms. The van der Waals surface area contributed by atoms with E-state index < -0.39 is 34.6 Å². The maximum atomic E-state index is 14.8. The van der Waals surface area contributed by atoms with E-state index in [-0.39, 0.29) is 5.69 Å². The Morgan fingerprint density at radius 2 is 1.74 bits per heavy atom. The van der Waals surface area contributed by atoms with Crippen LogP contribution in [0.15, 0.2) is 36.4 Å². The number of hydrogen-bond acceptors (Lipinski definition) is 4. The first kappa shape index (κ1) is 26.5. The lowest BCUT2D eigenvalue weighted by Gasteiger charge is -2.31. The molecule has 0 aromatic heterocycles. The van der Waals surface area contributed by atoms with Crippen molar-refractivity contribution in [2.45, 2.75) is 70.3 Å². The van der Waals surface area contributed by atoms with Crippen LogP contribution >= 0.6 is 0 Å². The standard InChI is InChI=1S/C26H30F4N4O/c1-25(2,24(35)32-19-11-9-17(15-31)22(13-19)26(28,29)30)33-20-12-10-18(23(27)14-20)16-34(3)21-7-5-4-6-8-21/h9-14,21,33H,4-8,16H2,1-3H3,(H,32,35). The number of amides is 1. The van der Waals surface area contributed by atoms with Gasteiger partial charge in [-0.1, -0.05) is 25.3 Å². The summed E-state index contributed by atoms with van der Waals surface area (Å²) >= 11 is 0. The highest BCUT2D eigenvalue weighted by Crippen LogP contribution is 2.34. The van der Waals surface area contributed by atoms with Gasteiger partial charge >= 0.3 is 6.18 Å². The highest BCUT2D eigenvalue weighted by Gasteiger charge is 2.34. The van der Waals surface area contributed by atoms with Crippen LogP contribution in [0, 0.1) is 17.1 Å². The lowest BCUT2D eigenvalue weighted by molar-refractivity contribution is -0.137. The summed E-state index contributed by atoms with van der Waals surface area (Å²) in [6.07, 6.45) is 1.13. The molecule has 0 heterocycles. The summed E-state index contributed by atoms with van der Waals surface area (Å²) in [5.41, 5.74) is -2.08. The van der Waals surface area contributed by atoms with Crippen molar-refractivity contribution in [2.75, 3.05) is 17.7 Å². The molecule has 0 atom stereocenters. The van der Waals surface area contributed by atoms with Crippen molar-refractivity contribution in [2.24, 2.45) is 0 Å². The first-order valence-electron chi connectivity index (χ1n) is 11.6. The van der Waals surface area contributed by atoms with Crippen LogP contribution < -0.4 is 10.6 Å². The summed E-state index contributed by atoms with van der Waals surface area (Å²) in [6.45, 7) is 3.57. The van der Waals surface area contributed by atoms with Crippen molar-refractivity contribution in [1.29, 1.82) is 5.26 Å². The van der Waals surface area contributed by atoms with Gasteiger partial charge in [0.05, 0.1) is 17.2 Å². The average Bonchev–Trinajstić information content (AvgIpc) is 2.80. The summed E-state index contributed by atoms with van der Waals surface area (Å²) in [7, 11) is 2.00. The molecule has 5 nitrogen and oxygen atoms in total. The van der Waals surface area contributed by atoms with E-state index in [2.05, 4.69) is 15.5 Å². The summed E-state index contributed by atoms with van der Waals surface area (Å²) in [5.74, 6) is -1.01. The molecule has 1 fully saturated rings. The van der Waals surface area contributed by atoms with Gasteiger partial charge in [0.1, 0.15) is 11.4 Å². The van der Waals surface area contributed by atoms with Crippen LogP contribution in [-0.4, -0.2) is 29.4 Å². The molecule has 0 aliphatic heterocycles. The second-order valence-electron chi connectivity index (χ2n) is 9.59. The molecule has 3 rings (SSSR count). The second kappa shape index (κ2) is 10.6. The zero-order valence-electron chi connectivity index (χ0n) is 20.1. The predicted molar refractivity (Wildman–Crippen MR) is 127 cm³/mol. The molecule has 1 aliphatic carbocycles. The Kier molecular flexibility index (Phi) is 8.06. The van der Waals surface area contributed by atoms with Gasteiger partial charge in [0.15, 0.2) is 0 Å². The fourth-order valence-electron chi connectivity index (χ4n) is 4.33. The quantitative estimate of drug-likeness (QED) is 0.447. The Labute approximate surface area is 203 Å². The average molecular weight is 491 g/mol. The van der Waals surface area contributed by atoms with Crippen LogP contribution in [0.3, 0.4) is 0 Å². The molecule has 9 heteroatoms. The zero-order chi connectivity index (χ0) is 25.8. The molecule has 0 saturated heterocycles. The number of nitriles is 1. The molecule has 2 aromatic carbocycles. The van der Waals surface area contributed by atoms with Gasteiger partial charge in [-0.3, -0.25) is 9.69 Å². The molecule has 1 aliphatic rings. The molecule has 1 saturated carbocycles. The van der Waals surface area contributed by atoms with Crippen LogP contribution in [0.4, 0.5) is 28.9 Å². The minimum atomic E-state index is -4.73. The van der Waals surface area contributed by atoms with E-state index in [1.807, 2.05) is 7.05 Å². The number of nitrogens with zero attached hydrogens (tertiary/aromatic N) is 2. The smallest absolute Gasteiger partial charge is 0.372 e. The number of halogens is 4. The van der Waals surface area contributed by atoms with Gasteiger partial charge in [-0.05, 0) is 64.1 Å². The Morgan fingerprint density at radius 1 is 1.09 bits per heavy atom. The predicted octanol–water partition coefficient (Wildman–Crippen LogP) is 6.31. The normalized spacial score (nSPS) is 15.1. The fraction of sp³-hybridized carbons (Fsp3) is 0.462. The number of carbonyl (C=O) groups is 1. The van der Waals surface area contributed by atoms with E-state index in [9.17, 15) is 22.4 Å². The number of carbonyl (C=O) groups excluding carboxylic acids is 1. The van der Waals surface area contributed by atoms with Crippen LogP contribution in [0.25, 0.3) is 0 Å². The zero-order valence-corrected chi connectivity index (χ0v) is 20.1. The third-order valence-electron chi connectivity index (χ3n) is 6.40. The van der Waals surface area contributed by atoms with E-state index in [1.165, 1.54) is 37.5 Å². The second-order valence-corrected chi connectivity index (χ2v) is 9.59. The number of anilines is 2. The van der Waals surface area contributed by atoms with Gasteiger partial charge < -0.3 is 10.6 Å². The van der Waals surface area contributed by atoms with Gasteiger partial charge in [0, 0.05) is 29.5 Å². The maximum Gasteiger partial charge on any atom is 0.417 e.